The molecule has 4 N–H and O–H groups in total. The van der Waals surface area contributed by atoms with Crippen LogP contribution in [0.2, 0.25) is 0 Å². The van der Waals surface area contributed by atoms with Crippen molar-refractivity contribution in [2.45, 2.75) is 49.7 Å². The number of hydrogen-bond donors (Lipinski definition) is 4. The highest BCUT2D eigenvalue weighted by atomic mass is 16.6. The number of alkyl carbamates (subject to hydrolysis) is 1. The molecule has 0 spiro atoms. The largest absolute Gasteiger partial charge is 0.507 e. The van der Waals surface area contributed by atoms with E-state index >= 15 is 0 Å². The maximum absolute atomic E-state index is 12.3. The van der Waals surface area contributed by atoms with E-state index in [-0.39, 0.29) is 34.8 Å². The Balaban J connectivity index is 1.27. The van der Waals surface area contributed by atoms with Crippen LogP contribution in [0, 0.1) is 11.3 Å². The molecule has 0 unspecified atom stereocenters. The van der Waals surface area contributed by atoms with Crippen LogP contribution in [0.3, 0.4) is 0 Å². The molecular weight excluding hydrogens is 458 g/mol. The zero-order valence-electron chi connectivity index (χ0n) is 19.0. The summed E-state index contributed by atoms with van der Waals surface area (Å²) >= 11 is 0. The fraction of sp³-hybridized carbons (Fsp3) is 0.435. The minimum absolute atomic E-state index is 0.0122. The van der Waals surface area contributed by atoms with Gasteiger partial charge in [0.05, 0.1) is 18.7 Å². The van der Waals surface area contributed by atoms with Crippen molar-refractivity contribution >= 4 is 24.1 Å². The van der Waals surface area contributed by atoms with E-state index in [1.54, 1.807) is 6.07 Å². The number of methoxy groups -OCH3 is 1. The summed E-state index contributed by atoms with van der Waals surface area (Å²) in [5.41, 5.74) is -0.0616. The van der Waals surface area contributed by atoms with Gasteiger partial charge in [-0.05, 0) is 32.1 Å². The van der Waals surface area contributed by atoms with Crippen molar-refractivity contribution < 1.29 is 33.7 Å². The number of aromatic hydroxyl groups is 1. The zero-order valence-corrected chi connectivity index (χ0v) is 19.0. The van der Waals surface area contributed by atoms with Gasteiger partial charge in [0.25, 0.3) is 5.91 Å². The highest BCUT2D eigenvalue weighted by molar-refractivity contribution is 5.91. The first-order valence-corrected chi connectivity index (χ1v) is 11.1. The average molecular weight is 483 g/mol. The van der Waals surface area contributed by atoms with E-state index in [1.807, 2.05) is 0 Å². The highest BCUT2D eigenvalue weighted by Crippen LogP contribution is 2.37. The number of carbonyl (C=O) groups is 3. The number of benzene rings is 1. The van der Waals surface area contributed by atoms with Gasteiger partial charge < -0.3 is 30.0 Å². The molecule has 2 aliphatic rings. The Bertz CT molecular complexity index is 1170. The van der Waals surface area contributed by atoms with Crippen LogP contribution in [0.1, 0.15) is 54.1 Å². The van der Waals surface area contributed by atoms with Gasteiger partial charge in [-0.15, -0.1) is 0 Å². The Hall–Kier alpha value is -4.27. The summed E-state index contributed by atoms with van der Waals surface area (Å²) in [5, 5.41) is 31.2. The van der Waals surface area contributed by atoms with Crippen molar-refractivity contribution in [3.63, 3.8) is 0 Å². The molecule has 2 aromatic rings. The molecule has 0 aliphatic heterocycles. The number of nitrogens with one attached hydrogen (secondary N) is 3. The molecule has 184 valence electrons. The Morgan fingerprint density at radius 1 is 1.34 bits per heavy atom. The molecule has 0 bridgehead atoms. The van der Waals surface area contributed by atoms with Crippen LogP contribution < -0.4 is 20.1 Å². The van der Waals surface area contributed by atoms with Gasteiger partial charge >= 0.3 is 6.09 Å². The van der Waals surface area contributed by atoms with Gasteiger partial charge in [0.2, 0.25) is 0 Å². The minimum atomic E-state index is -0.767. The lowest BCUT2D eigenvalue weighted by Gasteiger charge is -2.15. The van der Waals surface area contributed by atoms with E-state index in [0.29, 0.717) is 37.8 Å². The van der Waals surface area contributed by atoms with Crippen molar-refractivity contribution in [2.75, 3.05) is 19.0 Å². The van der Waals surface area contributed by atoms with Gasteiger partial charge in [0, 0.05) is 29.8 Å². The van der Waals surface area contributed by atoms with Crippen LogP contribution >= 0.6 is 0 Å². The first-order valence-electron chi connectivity index (χ1n) is 11.1. The SMILES string of the molecule is COc1cc(O)c(C=O)c(OCC(=O)Nc2cc([C@H]3CC[C@@H](OC(=O)NC4(C#N)CC4)C3)[nH]n2)c1. The monoisotopic (exact) mass is 483 g/mol. The predicted octanol–water partition coefficient (Wildman–Crippen LogP) is 2.37. The Labute approximate surface area is 200 Å². The molecule has 4 rings (SSSR count). The molecule has 1 heterocycles. The summed E-state index contributed by atoms with van der Waals surface area (Å²) in [6, 6.07) is 6.46. The predicted molar refractivity (Wildman–Crippen MR) is 120 cm³/mol. The number of hydrogen-bond acceptors (Lipinski definition) is 9. The number of carbonyl (C=O) groups excluding carboxylic acids is 3. The topological polar surface area (TPSA) is 176 Å². The lowest BCUT2D eigenvalue weighted by Crippen LogP contribution is -2.37. The summed E-state index contributed by atoms with van der Waals surface area (Å²) in [7, 11) is 1.40. The molecule has 2 fully saturated rings. The van der Waals surface area contributed by atoms with Crippen LogP contribution in [-0.2, 0) is 9.53 Å². The number of aromatic amines is 1. The van der Waals surface area contributed by atoms with Crippen LogP contribution in [0.5, 0.6) is 17.2 Å². The van der Waals surface area contributed by atoms with Crippen molar-refractivity contribution in [2.24, 2.45) is 0 Å². The summed E-state index contributed by atoms with van der Waals surface area (Å²) < 4.78 is 15.9. The number of nitrogens with zero attached hydrogens (tertiary/aromatic N) is 2. The van der Waals surface area contributed by atoms with Gasteiger partial charge in [-0.2, -0.15) is 10.4 Å². The van der Waals surface area contributed by atoms with Crippen LogP contribution in [0.15, 0.2) is 18.2 Å². The summed E-state index contributed by atoms with van der Waals surface area (Å²) in [6.45, 7) is -0.422. The molecule has 35 heavy (non-hydrogen) atoms. The fourth-order valence-corrected chi connectivity index (χ4v) is 3.97. The maximum atomic E-state index is 12.3. The summed E-state index contributed by atoms with van der Waals surface area (Å²) in [6.07, 6.45) is 2.91. The Kier molecular flexibility index (Phi) is 6.77. The van der Waals surface area contributed by atoms with E-state index < -0.39 is 24.1 Å². The number of phenols is 1. The average Bonchev–Trinajstić information content (AvgIpc) is 3.21. The maximum Gasteiger partial charge on any atom is 0.408 e. The van der Waals surface area contributed by atoms with Gasteiger partial charge in [0.15, 0.2) is 18.7 Å². The third-order valence-corrected chi connectivity index (χ3v) is 6.07. The number of amides is 2. The molecule has 0 radical (unpaired) electrons. The van der Waals surface area contributed by atoms with Crippen LogP contribution in [-0.4, -0.2) is 59.0 Å². The molecular formula is C23H25N5O7. The molecule has 2 amide bonds. The zero-order chi connectivity index (χ0) is 25.0. The number of rotatable bonds is 9. The van der Waals surface area contributed by atoms with E-state index in [9.17, 15) is 19.5 Å². The van der Waals surface area contributed by atoms with Crippen molar-refractivity contribution in [1.29, 1.82) is 5.26 Å². The lowest BCUT2D eigenvalue weighted by molar-refractivity contribution is -0.118. The first-order chi connectivity index (χ1) is 16.8. The smallest absolute Gasteiger partial charge is 0.408 e. The van der Waals surface area contributed by atoms with Gasteiger partial charge in [-0.1, -0.05) is 0 Å². The Morgan fingerprint density at radius 3 is 2.83 bits per heavy atom. The quantitative estimate of drug-likeness (QED) is 0.390. The van der Waals surface area contributed by atoms with E-state index in [1.165, 1.54) is 19.2 Å². The van der Waals surface area contributed by atoms with Crippen molar-refractivity contribution in [3.8, 4) is 23.3 Å². The first kappa shape index (κ1) is 23.9. The normalized spacial score (nSPS) is 19.8. The number of phenolic OH excluding ortho intramolecular Hbond substituents is 1. The molecule has 0 saturated heterocycles. The molecule has 12 nitrogen and oxygen atoms in total. The van der Waals surface area contributed by atoms with Crippen molar-refractivity contribution in [3.05, 3.63) is 29.5 Å². The molecule has 2 saturated carbocycles. The molecule has 12 heteroatoms. The molecule has 1 aromatic heterocycles. The summed E-state index contributed by atoms with van der Waals surface area (Å²) in [4.78, 5) is 35.6. The second-order valence-electron chi connectivity index (χ2n) is 8.58. The number of aromatic nitrogens is 2. The van der Waals surface area contributed by atoms with Gasteiger partial charge in [-0.3, -0.25) is 14.7 Å². The number of nitriles is 1. The minimum Gasteiger partial charge on any atom is -0.507 e. The summed E-state index contributed by atoms with van der Waals surface area (Å²) in [5.74, 6) is -0.183. The Morgan fingerprint density at radius 2 is 2.14 bits per heavy atom. The van der Waals surface area contributed by atoms with Crippen LogP contribution in [0.25, 0.3) is 0 Å². The lowest BCUT2D eigenvalue weighted by atomic mass is 10.0. The number of aldehydes is 1. The number of ether oxygens (including phenoxy) is 3. The standard InChI is InChI=1S/C23H25N5O7/c1-33-15-7-18(30)16(10-29)19(8-15)34-11-21(31)25-20-9-17(27-28-20)13-2-3-14(6-13)35-22(32)26-23(12-24)4-5-23/h7-10,13-14,30H,2-6,11H2,1H3,(H,26,32)(H2,25,27,28,31)/t13-,14+/m0/s1. The van der Waals surface area contributed by atoms with Crippen LogP contribution in [0.4, 0.5) is 10.6 Å². The fourth-order valence-electron chi connectivity index (χ4n) is 3.97. The van der Waals surface area contributed by atoms with Gasteiger partial charge in [0.1, 0.15) is 28.9 Å². The molecule has 2 atom stereocenters. The second kappa shape index (κ2) is 9.92. The van der Waals surface area contributed by atoms with E-state index in [4.69, 9.17) is 19.5 Å². The second-order valence-corrected chi connectivity index (χ2v) is 8.58. The molecule has 1 aromatic carbocycles. The number of anilines is 1. The van der Waals surface area contributed by atoms with E-state index in [2.05, 4.69) is 26.9 Å². The molecule has 2 aliphatic carbocycles. The van der Waals surface area contributed by atoms with Crippen molar-refractivity contribution in [1.82, 2.24) is 15.5 Å². The third-order valence-electron chi connectivity index (χ3n) is 6.07. The third kappa shape index (κ3) is 5.63. The highest BCUT2D eigenvalue weighted by Gasteiger charge is 2.45. The van der Waals surface area contributed by atoms with E-state index in [0.717, 1.165) is 12.1 Å². The van der Waals surface area contributed by atoms with Gasteiger partial charge in [-0.25, -0.2) is 4.79 Å². The number of H-pyrrole nitrogens is 1.